The van der Waals surface area contributed by atoms with Crippen molar-refractivity contribution in [1.29, 1.82) is 0 Å². The Morgan fingerprint density at radius 3 is 2.41 bits per heavy atom. The number of carbonyl (C=O) groups is 1. The molecule has 1 aliphatic rings. The number of nitrogens with zero attached hydrogens (tertiary/aromatic N) is 3. The van der Waals surface area contributed by atoms with Gasteiger partial charge >= 0.3 is 6.09 Å². The van der Waals surface area contributed by atoms with Crippen LogP contribution in [0.1, 0.15) is 28.4 Å². The standard InChI is InChI=1S/C21H19FN4O3/c22-15-8-6-14(7-9-15)18(13-4-2-1-3-5-13)26-19(27)16-10-11-25(21(28)29)12-17(16)24-20(26)23/h1-9,18H,10-12H2,(H2,23,24)(H,28,29). The summed E-state index contributed by atoms with van der Waals surface area (Å²) >= 11 is 0. The Labute approximate surface area is 165 Å². The van der Waals surface area contributed by atoms with Crippen LogP contribution < -0.4 is 11.3 Å². The molecule has 3 N–H and O–H groups in total. The molecule has 2 heterocycles. The minimum absolute atomic E-state index is 0.0147. The molecule has 3 aromatic rings. The second kappa shape index (κ2) is 7.38. The molecule has 29 heavy (non-hydrogen) atoms. The molecule has 0 saturated heterocycles. The van der Waals surface area contributed by atoms with Crippen molar-refractivity contribution in [2.24, 2.45) is 0 Å². The summed E-state index contributed by atoms with van der Waals surface area (Å²) in [7, 11) is 0. The molecule has 1 aromatic heterocycles. The third kappa shape index (κ3) is 3.44. The SMILES string of the molecule is Nc1nc2c(c(=O)n1C(c1ccccc1)c1ccc(F)cc1)CCN(C(=O)O)C2. The van der Waals surface area contributed by atoms with Gasteiger partial charge in [-0.05, 0) is 29.7 Å². The van der Waals surface area contributed by atoms with E-state index in [1.165, 1.54) is 21.6 Å². The van der Waals surface area contributed by atoms with Gasteiger partial charge in [0.15, 0.2) is 0 Å². The summed E-state index contributed by atoms with van der Waals surface area (Å²) in [5.41, 5.74) is 8.21. The summed E-state index contributed by atoms with van der Waals surface area (Å²) in [5.74, 6) is -0.391. The summed E-state index contributed by atoms with van der Waals surface area (Å²) in [6.07, 6.45) is -0.799. The number of halogens is 1. The van der Waals surface area contributed by atoms with Crippen molar-refractivity contribution >= 4 is 12.0 Å². The molecule has 0 radical (unpaired) electrons. The number of nitrogens with two attached hydrogens (primary N) is 1. The maximum absolute atomic E-state index is 13.5. The van der Waals surface area contributed by atoms with Crippen LogP contribution in [-0.4, -0.2) is 32.2 Å². The largest absolute Gasteiger partial charge is 0.465 e. The van der Waals surface area contributed by atoms with Gasteiger partial charge in [0, 0.05) is 12.1 Å². The average molecular weight is 394 g/mol. The predicted octanol–water partition coefficient (Wildman–Crippen LogP) is 2.64. The van der Waals surface area contributed by atoms with Crippen LogP contribution in [-0.2, 0) is 13.0 Å². The molecule has 4 rings (SSSR count). The van der Waals surface area contributed by atoms with Crippen LogP contribution in [0, 0.1) is 5.82 Å². The minimum Gasteiger partial charge on any atom is -0.465 e. The van der Waals surface area contributed by atoms with Gasteiger partial charge < -0.3 is 15.7 Å². The number of carboxylic acid groups (broad SMARTS) is 1. The van der Waals surface area contributed by atoms with Crippen molar-refractivity contribution < 1.29 is 14.3 Å². The van der Waals surface area contributed by atoms with E-state index in [0.717, 1.165) is 5.56 Å². The first-order chi connectivity index (χ1) is 14.0. The van der Waals surface area contributed by atoms with E-state index in [1.807, 2.05) is 30.3 Å². The number of nitrogen functional groups attached to an aromatic ring is 1. The molecular formula is C21H19FN4O3. The lowest BCUT2D eigenvalue weighted by atomic mass is 9.97. The Morgan fingerprint density at radius 1 is 1.10 bits per heavy atom. The van der Waals surface area contributed by atoms with E-state index in [2.05, 4.69) is 4.98 Å². The Balaban J connectivity index is 1.89. The molecule has 1 atom stereocenters. The first-order valence-electron chi connectivity index (χ1n) is 9.13. The second-order valence-corrected chi connectivity index (χ2v) is 6.89. The summed E-state index contributed by atoms with van der Waals surface area (Å²) in [6, 6.07) is 14.6. The second-order valence-electron chi connectivity index (χ2n) is 6.89. The van der Waals surface area contributed by atoms with Gasteiger partial charge in [0.1, 0.15) is 5.82 Å². The van der Waals surface area contributed by atoms with Gasteiger partial charge in [0.2, 0.25) is 5.95 Å². The molecule has 2 aromatic carbocycles. The quantitative estimate of drug-likeness (QED) is 0.711. The van der Waals surface area contributed by atoms with Gasteiger partial charge in [-0.25, -0.2) is 14.2 Å². The summed E-state index contributed by atoms with van der Waals surface area (Å²) in [5, 5.41) is 9.22. The van der Waals surface area contributed by atoms with Gasteiger partial charge in [-0.15, -0.1) is 0 Å². The Morgan fingerprint density at radius 2 is 1.76 bits per heavy atom. The lowest BCUT2D eigenvalue weighted by Gasteiger charge is -2.28. The van der Waals surface area contributed by atoms with Crippen molar-refractivity contribution in [3.63, 3.8) is 0 Å². The molecule has 1 aliphatic heterocycles. The molecule has 1 amide bonds. The molecule has 0 spiro atoms. The maximum Gasteiger partial charge on any atom is 0.407 e. The molecule has 148 valence electrons. The van der Waals surface area contributed by atoms with Crippen molar-refractivity contribution in [3.05, 3.63) is 93.2 Å². The zero-order chi connectivity index (χ0) is 20.5. The summed E-state index contributed by atoms with van der Waals surface area (Å²) in [4.78, 5) is 30.2. The Bertz CT molecular complexity index is 1110. The van der Waals surface area contributed by atoms with Gasteiger partial charge in [0.05, 0.1) is 18.3 Å². The van der Waals surface area contributed by atoms with Crippen molar-refractivity contribution in [3.8, 4) is 0 Å². The van der Waals surface area contributed by atoms with Crippen LogP contribution in [0.15, 0.2) is 59.4 Å². The fraction of sp³-hybridized carbons (Fsp3) is 0.190. The molecular weight excluding hydrogens is 375 g/mol. The number of amides is 1. The highest BCUT2D eigenvalue weighted by Gasteiger charge is 2.28. The van der Waals surface area contributed by atoms with Crippen LogP contribution in [0.3, 0.4) is 0 Å². The van der Waals surface area contributed by atoms with Gasteiger partial charge in [-0.3, -0.25) is 9.36 Å². The maximum atomic E-state index is 13.5. The number of benzene rings is 2. The Kier molecular flexibility index (Phi) is 4.75. The normalized spacial score (nSPS) is 14.3. The zero-order valence-corrected chi connectivity index (χ0v) is 15.5. The third-order valence-electron chi connectivity index (χ3n) is 5.12. The summed E-state index contributed by atoms with van der Waals surface area (Å²) in [6.45, 7) is 0.243. The van der Waals surface area contributed by atoms with Crippen LogP contribution in [0.4, 0.5) is 15.1 Å². The number of hydrogen-bond acceptors (Lipinski definition) is 4. The van der Waals surface area contributed by atoms with Gasteiger partial charge in [-0.1, -0.05) is 42.5 Å². The topological polar surface area (TPSA) is 101 Å². The molecule has 0 bridgehead atoms. The molecule has 0 saturated carbocycles. The number of hydrogen-bond donors (Lipinski definition) is 2. The molecule has 0 fully saturated rings. The molecule has 1 unspecified atom stereocenters. The fourth-order valence-electron chi connectivity index (χ4n) is 3.70. The van der Waals surface area contributed by atoms with Gasteiger partial charge in [0.25, 0.3) is 5.56 Å². The highest BCUT2D eigenvalue weighted by molar-refractivity contribution is 5.65. The van der Waals surface area contributed by atoms with E-state index in [9.17, 15) is 19.1 Å². The van der Waals surface area contributed by atoms with Crippen LogP contribution in [0.5, 0.6) is 0 Å². The van der Waals surface area contributed by atoms with Crippen LogP contribution in [0.25, 0.3) is 0 Å². The van der Waals surface area contributed by atoms with E-state index in [-0.39, 0.29) is 36.8 Å². The fourth-order valence-corrected chi connectivity index (χ4v) is 3.70. The van der Waals surface area contributed by atoms with Crippen LogP contribution in [0.2, 0.25) is 0 Å². The van der Waals surface area contributed by atoms with Crippen molar-refractivity contribution in [2.75, 3.05) is 12.3 Å². The van der Waals surface area contributed by atoms with E-state index in [4.69, 9.17) is 5.73 Å². The smallest absolute Gasteiger partial charge is 0.407 e. The molecule has 7 nitrogen and oxygen atoms in total. The highest BCUT2D eigenvalue weighted by Crippen LogP contribution is 2.28. The monoisotopic (exact) mass is 394 g/mol. The zero-order valence-electron chi connectivity index (χ0n) is 15.5. The first kappa shape index (κ1) is 18.7. The average Bonchev–Trinajstić information content (AvgIpc) is 2.72. The molecule has 8 heteroatoms. The lowest BCUT2D eigenvalue weighted by Crippen LogP contribution is -2.41. The predicted molar refractivity (Wildman–Crippen MR) is 105 cm³/mol. The van der Waals surface area contributed by atoms with Gasteiger partial charge in [-0.2, -0.15) is 0 Å². The van der Waals surface area contributed by atoms with E-state index in [1.54, 1.807) is 12.1 Å². The third-order valence-corrected chi connectivity index (χ3v) is 5.12. The minimum atomic E-state index is -1.06. The summed E-state index contributed by atoms with van der Waals surface area (Å²) < 4.78 is 14.9. The van der Waals surface area contributed by atoms with E-state index in [0.29, 0.717) is 16.8 Å². The number of fused-ring (bicyclic) bond motifs is 1. The number of anilines is 1. The number of rotatable bonds is 3. The van der Waals surface area contributed by atoms with E-state index >= 15 is 0 Å². The van der Waals surface area contributed by atoms with Crippen molar-refractivity contribution in [2.45, 2.75) is 19.0 Å². The Hall–Kier alpha value is -3.68. The molecule has 0 aliphatic carbocycles. The van der Waals surface area contributed by atoms with Crippen LogP contribution >= 0.6 is 0 Å². The first-order valence-corrected chi connectivity index (χ1v) is 9.13. The van der Waals surface area contributed by atoms with Crippen molar-refractivity contribution in [1.82, 2.24) is 14.5 Å². The lowest BCUT2D eigenvalue weighted by molar-refractivity contribution is 0.139. The van der Waals surface area contributed by atoms with E-state index < -0.39 is 12.1 Å². The number of aromatic nitrogens is 2. The highest BCUT2D eigenvalue weighted by atomic mass is 19.1.